The van der Waals surface area contributed by atoms with Crippen LogP contribution in [0, 0.1) is 17.8 Å². The topological polar surface area (TPSA) is 51.4 Å². The first-order valence-corrected chi connectivity index (χ1v) is 13.0. The summed E-state index contributed by atoms with van der Waals surface area (Å²) >= 11 is 0. The minimum atomic E-state index is -0.0500. The molecule has 0 aromatic rings. The van der Waals surface area contributed by atoms with Crippen molar-refractivity contribution in [2.24, 2.45) is 17.8 Å². The molecule has 0 spiro atoms. The van der Waals surface area contributed by atoms with E-state index in [-0.39, 0.29) is 24.1 Å². The zero-order valence-electron chi connectivity index (χ0n) is 19.8. The van der Waals surface area contributed by atoms with E-state index in [1.54, 1.807) is 0 Å². The normalized spacial score (nSPS) is 30.6. The largest absolute Gasteiger partial charge is 0.469 e. The summed E-state index contributed by atoms with van der Waals surface area (Å²) in [6.45, 7) is 4.60. The number of unbranched alkanes of at least 4 members (excludes halogenated alkanes) is 5. The molecule has 0 radical (unpaired) electrons. The summed E-state index contributed by atoms with van der Waals surface area (Å²) in [5.41, 5.74) is 0. The maximum atomic E-state index is 12.4. The Morgan fingerprint density at radius 1 is 0.933 bits per heavy atom. The van der Waals surface area contributed by atoms with Crippen molar-refractivity contribution in [1.29, 1.82) is 0 Å². The highest BCUT2D eigenvalue weighted by atomic mass is 16.6. The molecule has 4 nitrogen and oxygen atoms in total. The van der Waals surface area contributed by atoms with Crippen molar-refractivity contribution in [3.8, 4) is 0 Å². The van der Waals surface area contributed by atoms with Crippen LogP contribution in [-0.2, 0) is 19.0 Å². The van der Waals surface area contributed by atoms with Crippen LogP contribution in [0.5, 0.6) is 0 Å². The molecule has 0 bridgehead atoms. The van der Waals surface area contributed by atoms with E-state index in [2.05, 4.69) is 13.8 Å². The molecule has 2 aliphatic heterocycles. The van der Waals surface area contributed by atoms with Crippen LogP contribution < -0.4 is 0 Å². The molecule has 0 N–H and O–H groups in total. The molecule has 3 fully saturated rings. The van der Waals surface area contributed by atoms with E-state index in [1.165, 1.54) is 84.2 Å². The van der Waals surface area contributed by atoms with Gasteiger partial charge in [0, 0.05) is 0 Å². The quantitative estimate of drug-likeness (QED) is 0.173. The summed E-state index contributed by atoms with van der Waals surface area (Å²) < 4.78 is 17.1. The summed E-state index contributed by atoms with van der Waals surface area (Å²) in [6.07, 6.45) is 20.4. The number of hydrogen-bond donors (Lipinski definition) is 0. The number of methoxy groups -OCH3 is 1. The van der Waals surface area contributed by atoms with Crippen LogP contribution in [0.15, 0.2) is 0 Å². The summed E-state index contributed by atoms with van der Waals surface area (Å²) in [5, 5.41) is 0. The lowest BCUT2D eigenvalue weighted by molar-refractivity contribution is -0.148. The van der Waals surface area contributed by atoms with Gasteiger partial charge in [0.2, 0.25) is 0 Å². The third kappa shape index (κ3) is 7.51. The highest BCUT2D eigenvalue weighted by Crippen LogP contribution is 2.43. The highest BCUT2D eigenvalue weighted by molar-refractivity contribution is 5.74. The van der Waals surface area contributed by atoms with Crippen LogP contribution in [0.3, 0.4) is 0 Å². The minimum absolute atomic E-state index is 0.0408. The Morgan fingerprint density at radius 2 is 1.63 bits per heavy atom. The Balaban J connectivity index is 1.28. The van der Waals surface area contributed by atoms with Gasteiger partial charge in [-0.15, -0.1) is 0 Å². The molecule has 6 atom stereocenters. The number of hydrogen-bond acceptors (Lipinski definition) is 4. The Labute approximate surface area is 184 Å². The van der Waals surface area contributed by atoms with E-state index in [0.29, 0.717) is 24.0 Å². The number of epoxide rings is 2. The monoisotopic (exact) mass is 422 g/mol. The van der Waals surface area contributed by atoms with Crippen molar-refractivity contribution < 1.29 is 19.0 Å². The molecule has 1 saturated carbocycles. The number of esters is 1. The minimum Gasteiger partial charge on any atom is -0.469 e. The predicted molar refractivity (Wildman–Crippen MR) is 120 cm³/mol. The summed E-state index contributed by atoms with van der Waals surface area (Å²) in [5.74, 6) is 0.995. The second-order valence-corrected chi connectivity index (χ2v) is 10.3. The fourth-order valence-corrected chi connectivity index (χ4v) is 5.66. The van der Waals surface area contributed by atoms with Gasteiger partial charge in [0.05, 0.1) is 37.4 Å². The van der Waals surface area contributed by atoms with Gasteiger partial charge in [0.1, 0.15) is 0 Å². The molecule has 0 amide bonds. The summed E-state index contributed by atoms with van der Waals surface area (Å²) in [6, 6.07) is 0. The van der Waals surface area contributed by atoms with E-state index in [1.807, 2.05) is 0 Å². The van der Waals surface area contributed by atoms with Gasteiger partial charge in [0.15, 0.2) is 0 Å². The Morgan fingerprint density at radius 3 is 2.37 bits per heavy atom. The van der Waals surface area contributed by atoms with Crippen LogP contribution in [0.2, 0.25) is 0 Å². The maximum absolute atomic E-state index is 12.4. The second kappa shape index (κ2) is 12.4. The summed E-state index contributed by atoms with van der Waals surface area (Å²) in [4.78, 5) is 12.4. The lowest BCUT2D eigenvalue weighted by Gasteiger charge is -2.27. The number of carbonyl (C=O) groups excluding carboxylic acids is 1. The molecule has 174 valence electrons. The van der Waals surface area contributed by atoms with Gasteiger partial charge in [-0.1, -0.05) is 71.6 Å². The van der Waals surface area contributed by atoms with Crippen LogP contribution in [0.25, 0.3) is 0 Å². The fraction of sp³-hybridized carbons (Fsp3) is 0.962. The first-order valence-electron chi connectivity index (χ1n) is 13.0. The van der Waals surface area contributed by atoms with E-state index < -0.39 is 0 Å². The predicted octanol–water partition coefficient (Wildman–Crippen LogP) is 6.45. The van der Waals surface area contributed by atoms with Gasteiger partial charge in [-0.3, -0.25) is 4.79 Å². The van der Waals surface area contributed by atoms with Gasteiger partial charge < -0.3 is 14.2 Å². The zero-order valence-corrected chi connectivity index (χ0v) is 19.8. The third-order valence-corrected chi connectivity index (χ3v) is 7.72. The average Bonchev–Trinajstić information content (AvgIpc) is 3.68. The van der Waals surface area contributed by atoms with Crippen molar-refractivity contribution in [3.63, 3.8) is 0 Å². The lowest BCUT2D eigenvalue weighted by atomic mass is 9.77. The van der Waals surface area contributed by atoms with Crippen LogP contribution in [0.1, 0.15) is 110 Å². The molecule has 30 heavy (non-hydrogen) atoms. The number of ether oxygens (including phenoxy) is 3. The van der Waals surface area contributed by atoms with Crippen molar-refractivity contribution >= 4 is 5.97 Å². The van der Waals surface area contributed by atoms with Gasteiger partial charge in [-0.2, -0.15) is 0 Å². The smallest absolute Gasteiger partial charge is 0.311 e. The Kier molecular flexibility index (Phi) is 9.96. The van der Waals surface area contributed by atoms with Crippen LogP contribution >= 0.6 is 0 Å². The van der Waals surface area contributed by atoms with Gasteiger partial charge in [0.25, 0.3) is 0 Å². The SMILES string of the molecule is CCCCCCCCC1OC1CCC(C)CC1OC1C(C(=O)OC)C1CCCCC1. The van der Waals surface area contributed by atoms with E-state index in [4.69, 9.17) is 14.2 Å². The van der Waals surface area contributed by atoms with Crippen molar-refractivity contribution in [3.05, 3.63) is 0 Å². The van der Waals surface area contributed by atoms with Gasteiger partial charge in [-0.25, -0.2) is 0 Å². The molecule has 0 aromatic heterocycles. The van der Waals surface area contributed by atoms with Crippen LogP contribution in [-0.4, -0.2) is 37.5 Å². The van der Waals surface area contributed by atoms with Gasteiger partial charge >= 0.3 is 5.97 Å². The Hall–Kier alpha value is -0.610. The molecular formula is C26H46O4. The third-order valence-electron chi connectivity index (χ3n) is 7.72. The lowest BCUT2D eigenvalue weighted by Crippen LogP contribution is -2.32. The second-order valence-electron chi connectivity index (χ2n) is 10.3. The fourth-order valence-electron chi connectivity index (χ4n) is 5.66. The molecule has 2 saturated heterocycles. The van der Waals surface area contributed by atoms with Crippen LogP contribution in [0.4, 0.5) is 0 Å². The van der Waals surface area contributed by atoms with E-state index in [9.17, 15) is 4.79 Å². The first-order chi connectivity index (χ1) is 14.6. The number of rotatable bonds is 15. The van der Waals surface area contributed by atoms with Crippen molar-refractivity contribution in [1.82, 2.24) is 0 Å². The zero-order chi connectivity index (χ0) is 21.3. The first kappa shape index (κ1) is 24.0. The molecule has 1 aliphatic carbocycles. The van der Waals surface area contributed by atoms with E-state index >= 15 is 0 Å². The molecule has 2 heterocycles. The van der Waals surface area contributed by atoms with Gasteiger partial charge in [-0.05, 0) is 50.4 Å². The summed E-state index contributed by atoms with van der Waals surface area (Å²) in [7, 11) is 1.52. The average molecular weight is 423 g/mol. The van der Waals surface area contributed by atoms with Crippen molar-refractivity contribution in [2.45, 2.75) is 135 Å². The highest BCUT2D eigenvalue weighted by Gasteiger charge is 2.51. The van der Waals surface area contributed by atoms with Crippen molar-refractivity contribution in [2.75, 3.05) is 7.11 Å². The maximum Gasteiger partial charge on any atom is 0.311 e. The number of carbonyl (C=O) groups is 1. The molecule has 0 aromatic carbocycles. The molecule has 3 aliphatic rings. The Bertz CT molecular complexity index is 501. The molecular weight excluding hydrogens is 376 g/mol. The molecule has 3 rings (SSSR count). The molecule has 4 heteroatoms. The standard InChI is InChI=1S/C26H46O4/c1-4-5-6-7-8-12-15-21-22(29-21)17-16-19(2)18-23-25(30-23)24(26(27)28-3)20-13-10-9-11-14-20/h19-25H,4-18H2,1-3H3. The molecule has 6 unspecified atom stereocenters. The van der Waals surface area contributed by atoms with E-state index in [0.717, 1.165) is 19.3 Å².